The fraction of sp³-hybridized carbons (Fsp3) is 0.700. The number of hydrogen-bond donors (Lipinski definition) is 1. The lowest BCUT2D eigenvalue weighted by Crippen LogP contribution is -2.44. The second-order valence-electron chi connectivity index (χ2n) is 4.67. The van der Waals surface area contributed by atoms with Crippen LogP contribution in [-0.2, 0) is 6.42 Å². The van der Waals surface area contributed by atoms with E-state index in [1.165, 1.54) is 24.2 Å². The molecule has 72 valence electrons. The van der Waals surface area contributed by atoms with Crippen molar-refractivity contribution in [2.45, 2.75) is 39.2 Å². The first-order valence-corrected chi connectivity index (χ1v) is 4.89. The van der Waals surface area contributed by atoms with Gasteiger partial charge in [-0.1, -0.05) is 0 Å². The van der Waals surface area contributed by atoms with Crippen LogP contribution in [0.3, 0.4) is 0 Å². The number of H-pyrrole nitrogens is 1. The maximum Gasteiger partial charge on any atom is 0.127 e. The molecule has 0 fully saturated rings. The van der Waals surface area contributed by atoms with Crippen molar-refractivity contribution in [2.24, 2.45) is 0 Å². The largest absolute Gasteiger partial charge is 0.352 e. The highest BCUT2D eigenvalue weighted by Crippen LogP contribution is 2.29. The Morgan fingerprint density at radius 1 is 1.46 bits per heavy atom. The van der Waals surface area contributed by atoms with E-state index in [-0.39, 0.29) is 5.54 Å². The van der Waals surface area contributed by atoms with E-state index < -0.39 is 0 Å². The zero-order valence-corrected chi connectivity index (χ0v) is 8.59. The fourth-order valence-corrected chi connectivity index (χ4v) is 1.93. The number of aromatic amines is 1. The minimum absolute atomic E-state index is 0.196. The van der Waals surface area contributed by atoms with Gasteiger partial charge in [0.1, 0.15) is 5.82 Å². The third-order valence-electron chi connectivity index (χ3n) is 2.60. The van der Waals surface area contributed by atoms with Crippen LogP contribution in [0.25, 0.3) is 0 Å². The van der Waals surface area contributed by atoms with Crippen molar-refractivity contribution in [1.82, 2.24) is 10.2 Å². The molecule has 1 aromatic rings. The minimum atomic E-state index is 0.196. The molecule has 0 radical (unpaired) electrons. The number of hydrogen-bond acceptors (Lipinski definition) is 2. The molecule has 0 aliphatic carbocycles. The second kappa shape index (κ2) is 2.76. The number of nitrogens with one attached hydrogen (secondary N) is 1. The van der Waals surface area contributed by atoms with Gasteiger partial charge in [0, 0.05) is 17.6 Å². The summed E-state index contributed by atoms with van der Waals surface area (Å²) in [5, 5.41) is 7.19. The number of rotatable bonds is 0. The number of aromatic nitrogens is 2. The van der Waals surface area contributed by atoms with E-state index in [4.69, 9.17) is 0 Å². The van der Waals surface area contributed by atoms with Crippen LogP contribution in [0.15, 0.2) is 6.20 Å². The van der Waals surface area contributed by atoms with Gasteiger partial charge >= 0.3 is 0 Å². The summed E-state index contributed by atoms with van der Waals surface area (Å²) >= 11 is 0. The van der Waals surface area contributed by atoms with Crippen LogP contribution in [0.5, 0.6) is 0 Å². The molecule has 1 aliphatic rings. The van der Waals surface area contributed by atoms with Gasteiger partial charge < -0.3 is 4.90 Å². The van der Waals surface area contributed by atoms with E-state index in [1.54, 1.807) is 0 Å². The number of fused-ring (bicyclic) bond motifs is 1. The number of anilines is 1. The van der Waals surface area contributed by atoms with Crippen molar-refractivity contribution in [3.8, 4) is 0 Å². The molecule has 0 bridgehead atoms. The van der Waals surface area contributed by atoms with Crippen molar-refractivity contribution in [1.29, 1.82) is 0 Å². The summed E-state index contributed by atoms with van der Waals surface area (Å²) in [7, 11) is 0. The molecular formula is C10H17N3. The molecule has 0 unspecified atom stereocenters. The molecule has 1 aliphatic heterocycles. The average Bonchev–Trinajstić information content (AvgIpc) is 2.48. The Morgan fingerprint density at radius 3 is 2.92 bits per heavy atom. The minimum Gasteiger partial charge on any atom is -0.352 e. The molecule has 0 amide bonds. The van der Waals surface area contributed by atoms with Gasteiger partial charge in [-0.2, -0.15) is 5.10 Å². The van der Waals surface area contributed by atoms with Gasteiger partial charge in [-0.25, -0.2) is 0 Å². The zero-order chi connectivity index (χ0) is 9.47. The van der Waals surface area contributed by atoms with Crippen molar-refractivity contribution in [3.05, 3.63) is 11.8 Å². The summed E-state index contributed by atoms with van der Waals surface area (Å²) in [6.07, 6.45) is 4.36. The van der Waals surface area contributed by atoms with Gasteiger partial charge in [0.25, 0.3) is 0 Å². The first-order valence-electron chi connectivity index (χ1n) is 4.89. The maximum atomic E-state index is 4.10. The maximum absolute atomic E-state index is 4.10. The Kier molecular flexibility index (Phi) is 1.82. The van der Waals surface area contributed by atoms with Gasteiger partial charge in [-0.3, -0.25) is 5.10 Å². The molecule has 1 aromatic heterocycles. The quantitative estimate of drug-likeness (QED) is 0.660. The van der Waals surface area contributed by atoms with E-state index in [2.05, 4.69) is 35.9 Å². The molecule has 0 saturated carbocycles. The Morgan fingerprint density at radius 2 is 2.23 bits per heavy atom. The summed E-state index contributed by atoms with van der Waals surface area (Å²) in [5.41, 5.74) is 1.56. The van der Waals surface area contributed by atoms with Gasteiger partial charge in [0.05, 0.1) is 6.20 Å². The monoisotopic (exact) mass is 179 g/mol. The summed E-state index contributed by atoms with van der Waals surface area (Å²) in [6, 6.07) is 0. The fourth-order valence-electron chi connectivity index (χ4n) is 1.93. The zero-order valence-electron chi connectivity index (χ0n) is 8.59. The Balaban J connectivity index is 2.35. The molecule has 0 aromatic carbocycles. The SMILES string of the molecule is CC(C)(C)N1CCCc2cn[nH]c21. The topological polar surface area (TPSA) is 31.9 Å². The molecular weight excluding hydrogens is 162 g/mol. The first kappa shape index (κ1) is 8.60. The van der Waals surface area contributed by atoms with Gasteiger partial charge in [-0.05, 0) is 33.6 Å². The molecule has 3 nitrogen and oxygen atoms in total. The van der Waals surface area contributed by atoms with E-state index in [0.29, 0.717) is 0 Å². The lowest BCUT2D eigenvalue weighted by atomic mass is 10.00. The van der Waals surface area contributed by atoms with Gasteiger partial charge in [0.2, 0.25) is 0 Å². The van der Waals surface area contributed by atoms with Crippen molar-refractivity contribution in [3.63, 3.8) is 0 Å². The highest BCUT2D eigenvalue weighted by Gasteiger charge is 2.27. The smallest absolute Gasteiger partial charge is 0.127 e. The van der Waals surface area contributed by atoms with Gasteiger partial charge in [0.15, 0.2) is 0 Å². The van der Waals surface area contributed by atoms with E-state index in [9.17, 15) is 0 Å². The number of nitrogens with zero attached hydrogens (tertiary/aromatic N) is 2. The van der Waals surface area contributed by atoms with Crippen LogP contribution < -0.4 is 4.90 Å². The molecule has 2 rings (SSSR count). The van der Waals surface area contributed by atoms with Crippen molar-refractivity contribution >= 4 is 5.82 Å². The van der Waals surface area contributed by atoms with Gasteiger partial charge in [-0.15, -0.1) is 0 Å². The Labute approximate surface area is 79.1 Å². The highest BCUT2D eigenvalue weighted by atomic mass is 15.3. The summed E-state index contributed by atoms with van der Waals surface area (Å²) < 4.78 is 0. The first-order chi connectivity index (χ1) is 6.09. The predicted molar refractivity (Wildman–Crippen MR) is 54.0 cm³/mol. The third kappa shape index (κ3) is 1.43. The van der Waals surface area contributed by atoms with E-state index >= 15 is 0 Å². The normalized spacial score (nSPS) is 17.3. The molecule has 2 heterocycles. The highest BCUT2D eigenvalue weighted by molar-refractivity contribution is 5.49. The van der Waals surface area contributed by atoms with Crippen LogP contribution in [0.4, 0.5) is 5.82 Å². The molecule has 13 heavy (non-hydrogen) atoms. The number of aryl methyl sites for hydroxylation is 1. The van der Waals surface area contributed by atoms with E-state index in [1.807, 2.05) is 6.20 Å². The van der Waals surface area contributed by atoms with Crippen LogP contribution in [-0.4, -0.2) is 22.3 Å². The average molecular weight is 179 g/mol. The summed E-state index contributed by atoms with van der Waals surface area (Å²) in [4.78, 5) is 2.40. The molecule has 0 atom stereocenters. The molecule has 0 spiro atoms. The Bertz CT molecular complexity index is 295. The molecule has 3 heteroatoms. The standard InChI is InChI=1S/C10H17N3/c1-10(2,3)13-6-4-5-8-7-11-12-9(8)13/h7H,4-6H2,1-3H3,(H,11,12). The van der Waals surface area contributed by atoms with Crippen molar-refractivity contribution in [2.75, 3.05) is 11.4 Å². The van der Waals surface area contributed by atoms with Crippen molar-refractivity contribution < 1.29 is 0 Å². The van der Waals surface area contributed by atoms with Crippen LogP contribution in [0.2, 0.25) is 0 Å². The third-order valence-corrected chi connectivity index (χ3v) is 2.60. The van der Waals surface area contributed by atoms with Crippen LogP contribution >= 0.6 is 0 Å². The lowest BCUT2D eigenvalue weighted by Gasteiger charge is -2.39. The predicted octanol–water partition coefficient (Wildman–Crippen LogP) is 1.96. The van der Waals surface area contributed by atoms with E-state index in [0.717, 1.165) is 6.54 Å². The summed E-state index contributed by atoms with van der Waals surface area (Å²) in [6.45, 7) is 7.85. The molecule has 1 N–H and O–H groups in total. The second-order valence-corrected chi connectivity index (χ2v) is 4.67. The lowest BCUT2D eigenvalue weighted by molar-refractivity contribution is 0.479. The molecule has 0 saturated heterocycles. The Hall–Kier alpha value is -0.990. The summed E-state index contributed by atoms with van der Waals surface area (Å²) in [5.74, 6) is 1.22. The van der Waals surface area contributed by atoms with Crippen LogP contribution in [0, 0.1) is 0 Å². The van der Waals surface area contributed by atoms with Crippen LogP contribution in [0.1, 0.15) is 32.8 Å².